The van der Waals surface area contributed by atoms with Crippen LogP contribution in [0.4, 0.5) is 19.3 Å². The molecule has 0 saturated heterocycles. The zero-order valence-electron chi connectivity index (χ0n) is 22.3. The molecule has 9 nitrogen and oxygen atoms in total. The molecule has 0 radical (unpaired) electrons. The average Bonchev–Trinajstić information content (AvgIpc) is 3.34. The van der Waals surface area contributed by atoms with E-state index in [1.165, 1.54) is 12.3 Å². The first kappa shape index (κ1) is 28.0. The van der Waals surface area contributed by atoms with E-state index in [1.807, 2.05) is 30.3 Å². The predicted molar refractivity (Wildman–Crippen MR) is 148 cm³/mol. The van der Waals surface area contributed by atoms with Crippen molar-refractivity contribution in [1.82, 2.24) is 10.1 Å². The van der Waals surface area contributed by atoms with Gasteiger partial charge in [0.1, 0.15) is 28.8 Å². The number of hydrogen-bond acceptors (Lipinski definition) is 7. The molecule has 11 heteroatoms. The van der Waals surface area contributed by atoms with Crippen LogP contribution in [0.5, 0.6) is 11.5 Å². The van der Waals surface area contributed by atoms with Gasteiger partial charge in [0.15, 0.2) is 23.1 Å². The number of amides is 1. The van der Waals surface area contributed by atoms with Crippen LogP contribution in [0.25, 0.3) is 22.5 Å². The van der Waals surface area contributed by atoms with Crippen LogP contribution in [-0.4, -0.2) is 27.3 Å². The van der Waals surface area contributed by atoms with Crippen molar-refractivity contribution < 1.29 is 37.5 Å². The minimum absolute atomic E-state index is 0.211. The molecular formula is C31H23F2N3O6. The van der Waals surface area contributed by atoms with Crippen LogP contribution in [-0.2, 0) is 4.74 Å². The van der Waals surface area contributed by atoms with Gasteiger partial charge in [0.2, 0.25) is 0 Å². The smallest absolute Gasteiger partial charge is 0.412 e. The Morgan fingerprint density at radius 1 is 0.952 bits per heavy atom. The lowest BCUT2D eigenvalue weighted by Crippen LogP contribution is -2.16. The largest absolute Gasteiger partial charge is 0.477 e. The van der Waals surface area contributed by atoms with Crippen molar-refractivity contribution in [3.05, 3.63) is 114 Å². The van der Waals surface area contributed by atoms with E-state index in [1.54, 1.807) is 38.1 Å². The molecule has 2 N–H and O–H groups in total. The Balaban J connectivity index is 1.34. The number of benzene rings is 3. The number of aromatic carboxylic acids is 1. The highest BCUT2D eigenvalue weighted by molar-refractivity contribution is 5.91. The number of aromatic nitrogens is 2. The molecule has 0 saturated carbocycles. The number of aryl methyl sites for hydroxylation is 1. The second-order valence-corrected chi connectivity index (χ2v) is 9.18. The highest BCUT2D eigenvalue weighted by Gasteiger charge is 2.21. The number of rotatable bonds is 8. The van der Waals surface area contributed by atoms with Crippen LogP contribution in [0, 0.1) is 18.6 Å². The fraction of sp³-hybridized carbons (Fsp3) is 0.0968. The number of carbonyl (C=O) groups excluding carboxylic acids is 1. The second kappa shape index (κ2) is 11.9. The monoisotopic (exact) mass is 571 g/mol. The number of anilines is 1. The van der Waals surface area contributed by atoms with Gasteiger partial charge in [-0.3, -0.25) is 10.3 Å². The van der Waals surface area contributed by atoms with E-state index >= 15 is 0 Å². The van der Waals surface area contributed by atoms with Crippen molar-refractivity contribution in [1.29, 1.82) is 0 Å². The third-order valence-electron chi connectivity index (χ3n) is 6.34. The van der Waals surface area contributed by atoms with Crippen molar-refractivity contribution in [2.24, 2.45) is 0 Å². The summed E-state index contributed by atoms with van der Waals surface area (Å²) in [6, 6.07) is 19.2. The molecule has 42 heavy (non-hydrogen) atoms. The third-order valence-corrected chi connectivity index (χ3v) is 6.34. The van der Waals surface area contributed by atoms with Gasteiger partial charge in [-0.1, -0.05) is 59.8 Å². The lowest BCUT2D eigenvalue weighted by atomic mass is 10.0. The van der Waals surface area contributed by atoms with Crippen molar-refractivity contribution in [3.8, 4) is 33.9 Å². The SMILES string of the molecule is Cc1noc(-c2ccc(-c3cc(F)c(Oc4ccncc4C(=O)O)c(F)c3)cc2)c1NC(=O)O[C@H](C)c1ccccc1. The van der Waals surface area contributed by atoms with E-state index in [4.69, 9.17) is 14.0 Å². The molecule has 1 atom stereocenters. The number of halogens is 2. The first-order valence-corrected chi connectivity index (χ1v) is 12.6. The molecule has 2 aromatic heterocycles. The number of nitrogens with one attached hydrogen (secondary N) is 1. The van der Waals surface area contributed by atoms with Gasteiger partial charge in [0.05, 0.1) is 0 Å². The molecule has 0 aliphatic rings. The summed E-state index contributed by atoms with van der Waals surface area (Å²) >= 11 is 0. The van der Waals surface area contributed by atoms with Crippen molar-refractivity contribution in [2.75, 3.05) is 5.32 Å². The zero-order chi connectivity index (χ0) is 29.8. The summed E-state index contributed by atoms with van der Waals surface area (Å²) in [6.45, 7) is 3.42. The molecule has 212 valence electrons. The number of hydrogen-bond donors (Lipinski definition) is 2. The summed E-state index contributed by atoms with van der Waals surface area (Å²) in [5.74, 6) is -4.13. The van der Waals surface area contributed by atoms with E-state index < -0.39 is 35.6 Å². The van der Waals surface area contributed by atoms with Crippen molar-refractivity contribution in [3.63, 3.8) is 0 Å². The molecule has 5 rings (SSSR count). The van der Waals surface area contributed by atoms with Crippen molar-refractivity contribution >= 4 is 17.7 Å². The highest BCUT2D eigenvalue weighted by Crippen LogP contribution is 2.36. The Hall–Kier alpha value is -5.58. The second-order valence-electron chi connectivity index (χ2n) is 9.18. The van der Waals surface area contributed by atoms with Gasteiger partial charge in [-0.2, -0.15) is 0 Å². The number of carboxylic acid groups (broad SMARTS) is 1. The van der Waals surface area contributed by atoms with Crippen LogP contribution in [0.1, 0.15) is 34.6 Å². The van der Waals surface area contributed by atoms with Crippen LogP contribution in [0.15, 0.2) is 89.7 Å². The number of carbonyl (C=O) groups is 2. The van der Waals surface area contributed by atoms with E-state index in [2.05, 4.69) is 15.5 Å². The standard InChI is InChI=1S/C31H23F2N3O6/c1-17-27(35-31(39)40-18(2)19-6-4-3-5-7-19)28(42-36-17)21-10-8-20(9-11-21)22-14-24(32)29(25(33)15-22)41-26-12-13-34-16-23(26)30(37)38/h3-16,18H,1-2H3,(H,35,39)(H,37,38)/t18-/m1/s1. The zero-order valence-corrected chi connectivity index (χ0v) is 22.3. The number of carboxylic acids is 1. The Morgan fingerprint density at radius 2 is 1.62 bits per heavy atom. The summed E-state index contributed by atoms with van der Waals surface area (Å²) < 4.78 is 46.1. The molecule has 5 aromatic rings. The predicted octanol–water partition coefficient (Wildman–Crippen LogP) is 7.79. The van der Waals surface area contributed by atoms with Gasteiger partial charge in [-0.25, -0.2) is 18.4 Å². The average molecular weight is 572 g/mol. The number of pyridine rings is 1. The van der Waals surface area contributed by atoms with Crippen LogP contribution in [0.2, 0.25) is 0 Å². The first-order chi connectivity index (χ1) is 20.2. The summed E-state index contributed by atoms with van der Waals surface area (Å²) in [5, 5.41) is 15.9. The van der Waals surface area contributed by atoms with Crippen LogP contribution < -0.4 is 10.1 Å². The Morgan fingerprint density at radius 3 is 2.29 bits per heavy atom. The molecule has 1 amide bonds. The van der Waals surface area contributed by atoms with Gasteiger partial charge in [0, 0.05) is 24.0 Å². The molecule has 0 aliphatic carbocycles. The molecule has 0 bridgehead atoms. The molecule has 3 aromatic carbocycles. The van der Waals surface area contributed by atoms with Gasteiger partial charge in [0.25, 0.3) is 0 Å². The third kappa shape index (κ3) is 5.94. The molecule has 2 heterocycles. The van der Waals surface area contributed by atoms with E-state index in [9.17, 15) is 23.5 Å². The summed E-state index contributed by atoms with van der Waals surface area (Å²) in [6.07, 6.45) is 1.09. The fourth-order valence-electron chi connectivity index (χ4n) is 4.18. The Kier molecular flexibility index (Phi) is 7.91. The van der Waals surface area contributed by atoms with E-state index in [0.29, 0.717) is 22.5 Å². The van der Waals surface area contributed by atoms with E-state index in [-0.39, 0.29) is 22.6 Å². The summed E-state index contributed by atoms with van der Waals surface area (Å²) in [7, 11) is 0. The van der Waals surface area contributed by atoms with Gasteiger partial charge in [-0.05, 0) is 42.7 Å². The number of nitrogens with zero attached hydrogens (tertiary/aromatic N) is 2. The van der Waals surface area contributed by atoms with Crippen LogP contribution in [0.3, 0.4) is 0 Å². The molecular weight excluding hydrogens is 548 g/mol. The Labute approximate surface area is 238 Å². The molecule has 0 fully saturated rings. The quantitative estimate of drug-likeness (QED) is 0.193. The summed E-state index contributed by atoms with van der Waals surface area (Å²) in [5.41, 5.74) is 2.47. The Bertz CT molecular complexity index is 1730. The maximum atomic E-state index is 14.9. The van der Waals surface area contributed by atoms with Gasteiger partial charge >= 0.3 is 12.1 Å². The van der Waals surface area contributed by atoms with Crippen molar-refractivity contribution in [2.45, 2.75) is 20.0 Å². The topological polar surface area (TPSA) is 124 Å². The summed E-state index contributed by atoms with van der Waals surface area (Å²) in [4.78, 5) is 27.7. The lowest BCUT2D eigenvalue weighted by Gasteiger charge is -2.14. The maximum Gasteiger partial charge on any atom is 0.412 e. The maximum absolute atomic E-state index is 14.9. The van der Waals surface area contributed by atoms with Gasteiger partial charge in [-0.15, -0.1) is 0 Å². The molecule has 0 spiro atoms. The van der Waals surface area contributed by atoms with E-state index in [0.717, 1.165) is 23.9 Å². The highest BCUT2D eigenvalue weighted by atomic mass is 19.1. The van der Waals surface area contributed by atoms with Gasteiger partial charge < -0.3 is 19.1 Å². The molecule has 0 unspecified atom stereocenters. The minimum atomic E-state index is -1.35. The lowest BCUT2D eigenvalue weighted by molar-refractivity contribution is 0.0693. The number of ether oxygens (including phenoxy) is 2. The first-order valence-electron chi connectivity index (χ1n) is 12.6. The molecule has 0 aliphatic heterocycles. The minimum Gasteiger partial charge on any atom is -0.477 e. The normalized spacial score (nSPS) is 11.5. The van der Waals surface area contributed by atoms with Crippen LogP contribution >= 0.6 is 0 Å². The fourth-order valence-corrected chi connectivity index (χ4v) is 4.18.